The van der Waals surface area contributed by atoms with Gasteiger partial charge >= 0.3 is 5.97 Å². The van der Waals surface area contributed by atoms with Crippen molar-refractivity contribution in [3.8, 4) is 22.7 Å². The Morgan fingerprint density at radius 1 is 1.00 bits per heavy atom. The van der Waals surface area contributed by atoms with E-state index in [4.69, 9.17) is 37.8 Å². The molecule has 0 N–H and O–H groups in total. The van der Waals surface area contributed by atoms with Crippen LogP contribution in [0.4, 0.5) is 0 Å². The van der Waals surface area contributed by atoms with Crippen molar-refractivity contribution >= 4 is 41.0 Å². The van der Waals surface area contributed by atoms with Crippen LogP contribution in [-0.2, 0) is 9.53 Å². The molecule has 0 aliphatic rings. The molecule has 3 aromatic carbocycles. The number of esters is 1. The Hall–Kier alpha value is -3.87. The van der Waals surface area contributed by atoms with E-state index in [0.29, 0.717) is 16.3 Å². The van der Waals surface area contributed by atoms with Crippen LogP contribution >= 0.6 is 23.2 Å². The number of methoxy groups -OCH3 is 1. The number of ketones is 1. The minimum Gasteiger partial charge on any atom is -0.497 e. The van der Waals surface area contributed by atoms with E-state index in [2.05, 4.69) is 0 Å². The summed E-state index contributed by atoms with van der Waals surface area (Å²) < 4.78 is 12.1. The van der Waals surface area contributed by atoms with Gasteiger partial charge in [-0.1, -0.05) is 41.4 Å². The summed E-state index contributed by atoms with van der Waals surface area (Å²) in [6, 6.07) is 21.6. The predicted molar refractivity (Wildman–Crippen MR) is 136 cm³/mol. The molecule has 0 fully saturated rings. The van der Waals surface area contributed by atoms with Crippen LogP contribution in [0, 0.1) is 0 Å². The molecule has 4 aromatic rings. The van der Waals surface area contributed by atoms with Gasteiger partial charge in [0.15, 0.2) is 6.61 Å². The van der Waals surface area contributed by atoms with Crippen molar-refractivity contribution < 1.29 is 19.1 Å². The molecule has 0 radical (unpaired) electrons. The van der Waals surface area contributed by atoms with Crippen LogP contribution in [0.1, 0.15) is 15.9 Å². The van der Waals surface area contributed by atoms with Crippen molar-refractivity contribution in [1.82, 2.24) is 9.78 Å². The summed E-state index contributed by atoms with van der Waals surface area (Å²) >= 11 is 11.9. The van der Waals surface area contributed by atoms with Gasteiger partial charge in [0.1, 0.15) is 5.75 Å². The van der Waals surface area contributed by atoms with Gasteiger partial charge in [0.25, 0.3) is 0 Å². The molecule has 0 unspecified atom stereocenters. The normalized spacial score (nSPS) is 10.9. The number of carbonyl (C=O) groups is 2. The summed E-state index contributed by atoms with van der Waals surface area (Å²) in [5.74, 6) is -0.372. The van der Waals surface area contributed by atoms with Crippen LogP contribution in [0.5, 0.6) is 5.75 Å². The van der Waals surface area contributed by atoms with Crippen molar-refractivity contribution in [1.29, 1.82) is 0 Å². The van der Waals surface area contributed by atoms with Gasteiger partial charge in [0.2, 0.25) is 5.78 Å². The maximum atomic E-state index is 12.4. The fraction of sp³-hybridized carbons (Fsp3) is 0.0741. The molecular formula is C27H20Cl2N2O4. The highest BCUT2D eigenvalue weighted by molar-refractivity contribution is 6.36. The highest BCUT2D eigenvalue weighted by Crippen LogP contribution is 2.27. The number of benzene rings is 3. The summed E-state index contributed by atoms with van der Waals surface area (Å²) in [5, 5.41) is 5.32. The fourth-order valence-corrected chi connectivity index (χ4v) is 3.85. The van der Waals surface area contributed by atoms with Crippen LogP contribution in [-0.4, -0.2) is 35.2 Å². The lowest BCUT2D eigenvalue weighted by atomic mass is 10.1. The van der Waals surface area contributed by atoms with Crippen molar-refractivity contribution in [2.75, 3.05) is 13.7 Å². The lowest BCUT2D eigenvalue weighted by Crippen LogP contribution is -2.13. The fourth-order valence-electron chi connectivity index (χ4n) is 3.33. The SMILES string of the molecule is COc1ccc(-c2nn(-c3ccccc3)cc2/C=C/C(=O)OCC(=O)c2ccc(Cl)cc2Cl)cc1. The molecule has 0 spiro atoms. The third-order valence-corrected chi connectivity index (χ3v) is 5.65. The Bertz CT molecular complexity index is 1380. The lowest BCUT2D eigenvalue weighted by Gasteiger charge is -2.04. The molecule has 176 valence electrons. The number of hydrogen-bond acceptors (Lipinski definition) is 5. The molecule has 1 heterocycles. The van der Waals surface area contributed by atoms with Gasteiger partial charge in [0, 0.05) is 34.0 Å². The average Bonchev–Trinajstić information content (AvgIpc) is 3.31. The Labute approximate surface area is 212 Å². The second-order valence-electron chi connectivity index (χ2n) is 7.43. The third kappa shape index (κ3) is 5.98. The molecule has 0 atom stereocenters. The topological polar surface area (TPSA) is 70.4 Å². The number of rotatable bonds is 8. The molecule has 0 saturated carbocycles. The van der Waals surface area contributed by atoms with E-state index in [1.807, 2.05) is 60.8 Å². The number of halogens is 2. The predicted octanol–water partition coefficient (Wildman–Crippen LogP) is 6.29. The van der Waals surface area contributed by atoms with Crippen LogP contribution in [0.25, 0.3) is 23.0 Å². The summed E-state index contributed by atoms with van der Waals surface area (Å²) in [7, 11) is 1.60. The molecule has 4 rings (SSSR count). The van der Waals surface area contributed by atoms with Gasteiger partial charge in [-0.2, -0.15) is 5.10 Å². The second-order valence-corrected chi connectivity index (χ2v) is 8.27. The number of hydrogen-bond donors (Lipinski definition) is 0. The molecule has 0 bridgehead atoms. The van der Waals surface area contributed by atoms with Crippen molar-refractivity contribution in [2.24, 2.45) is 0 Å². The first-order valence-electron chi connectivity index (χ1n) is 10.6. The van der Waals surface area contributed by atoms with Gasteiger partial charge in [-0.05, 0) is 60.7 Å². The smallest absolute Gasteiger partial charge is 0.331 e. The van der Waals surface area contributed by atoms with Crippen molar-refractivity contribution in [3.63, 3.8) is 0 Å². The first kappa shape index (κ1) is 24.3. The van der Waals surface area contributed by atoms with E-state index >= 15 is 0 Å². The van der Waals surface area contributed by atoms with E-state index < -0.39 is 18.4 Å². The highest BCUT2D eigenvalue weighted by atomic mass is 35.5. The van der Waals surface area contributed by atoms with Gasteiger partial charge in [-0.3, -0.25) is 4.79 Å². The number of aromatic nitrogens is 2. The zero-order valence-electron chi connectivity index (χ0n) is 18.7. The van der Waals surface area contributed by atoms with E-state index in [9.17, 15) is 9.59 Å². The molecule has 35 heavy (non-hydrogen) atoms. The largest absolute Gasteiger partial charge is 0.497 e. The Morgan fingerprint density at radius 2 is 1.74 bits per heavy atom. The number of para-hydroxylation sites is 1. The first-order chi connectivity index (χ1) is 16.9. The van der Waals surface area contributed by atoms with Crippen LogP contribution < -0.4 is 4.74 Å². The standard InChI is InChI=1S/C27H20Cl2N2O4/c1-34-22-11-7-18(8-12-22)27-19(16-31(30-27)21-5-3-2-4-6-21)9-14-26(33)35-17-25(32)23-13-10-20(28)15-24(23)29/h2-16H,17H2,1H3/b14-9+. The summed E-state index contributed by atoms with van der Waals surface area (Å²) in [6.07, 6.45) is 4.68. The van der Waals surface area contributed by atoms with Crippen molar-refractivity contribution in [2.45, 2.75) is 0 Å². The van der Waals surface area contributed by atoms with Crippen LogP contribution in [0.2, 0.25) is 10.0 Å². The number of ether oxygens (including phenoxy) is 2. The van der Waals surface area contributed by atoms with Crippen LogP contribution in [0.3, 0.4) is 0 Å². The summed E-state index contributed by atoms with van der Waals surface area (Å²) in [5.41, 5.74) is 3.32. The monoisotopic (exact) mass is 506 g/mol. The molecule has 8 heteroatoms. The van der Waals surface area contributed by atoms with Crippen LogP contribution in [0.15, 0.2) is 85.1 Å². The second kappa shape index (κ2) is 11.0. The lowest BCUT2D eigenvalue weighted by molar-refractivity contribution is -0.136. The molecule has 1 aromatic heterocycles. The molecule has 0 saturated heterocycles. The number of carbonyl (C=O) groups excluding carboxylic acids is 2. The number of nitrogens with zero attached hydrogens (tertiary/aromatic N) is 2. The Kier molecular flexibility index (Phi) is 7.65. The van der Waals surface area contributed by atoms with Gasteiger partial charge < -0.3 is 9.47 Å². The maximum absolute atomic E-state index is 12.4. The highest BCUT2D eigenvalue weighted by Gasteiger charge is 2.14. The van der Waals surface area contributed by atoms with E-state index in [1.165, 1.54) is 18.2 Å². The van der Waals surface area contributed by atoms with Gasteiger partial charge in [0.05, 0.1) is 23.5 Å². The zero-order valence-corrected chi connectivity index (χ0v) is 20.2. The first-order valence-corrected chi connectivity index (χ1v) is 11.3. The maximum Gasteiger partial charge on any atom is 0.331 e. The minimum atomic E-state index is -0.670. The van der Waals surface area contributed by atoms with Gasteiger partial charge in [-0.25, -0.2) is 9.48 Å². The molecule has 0 amide bonds. The zero-order chi connectivity index (χ0) is 24.8. The molecule has 6 nitrogen and oxygen atoms in total. The van der Waals surface area contributed by atoms with E-state index in [0.717, 1.165) is 17.0 Å². The Morgan fingerprint density at radius 3 is 2.43 bits per heavy atom. The quantitative estimate of drug-likeness (QED) is 0.159. The molecule has 0 aliphatic heterocycles. The number of Topliss-reactive ketones (excluding diaryl/α,β-unsaturated/α-hetero) is 1. The van der Waals surface area contributed by atoms with E-state index in [-0.39, 0.29) is 10.6 Å². The molecular weight excluding hydrogens is 487 g/mol. The van der Waals surface area contributed by atoms with Gasteiger partial charge in [-0.15, -0.1) is 0 Å². The Balaban J connectivity index is 1.53. The summed E-state index contributed by atoms with van der Waals surface area (Å²) in [4.78, 5) is 24.7. The minimum absolute atomic E-state index is 0.201. The van der Waals surface area contributed by atoms with E-state index in [1.54, 1.807) is 23.9 Å². The van der Waals surface area contributed by atoms with Crippen molar-refractivity contribution in [3.05, 3.63) is 106 Å². The summed E-state index contributed by atoms with van der Waals surface area (Å²) in [6.45, 7) is -0.445. The molecule has 0 aliphatic carbocycles. The third-order valence-electron chi connectivity index (χ3n) is 5.10. The average molecular weight is 507 g/mol.